The van der Waals surface area contributed by atoms with E-state index in [1.807, 2.05) is 42.5 Å². The van der Waals surface area contributed by atoms with Crippen LogP contribution in [0.1, 0.15) is 0 Å². The molecule has 8 bridgehead atoms. The van der Waals surface area contributed by atoms with E-state index in [9.17, 15) is 0 Å². The number of thiophene rings is 1. The van der Waals surface area contributed by atoms with Crippen LogP contribution in [0.5, 0.6) is 0 Å². The molecular formula is C36H20N8SZn. The zero-order chi connectivity index (χ0) is 30.2. The monoisotopic (exact) mass is 660 g/mol. The van der Waals surface area contributed by atoms with Crippen LogP contribution < -0.4 is 8.32 Å². The van der Waals surface area contributed by atoms with E-state index in [0.29, 0.717) is 34.6 Å². The second kappa shape index (κ2) is 10.0. The number of benzene rings is 4. The second-order valence-electron chi connectivity index (χ2n) is 11.4. The zero-order valence-corrected chi connectivity index (χ0v) is 28.0. The van der Waals surface area contributed by atoms with Crippen LogP contribution in [0, 0.1) is 0 Å². The molecule has 0 saturated heterocycles. The molecule has 0 atom stereocenters. The van der Waals surface area contributed by atoms with Crippen LogP contribution in [0.2, 0.25) is 0 Å². The molecule has 4 aromatic carbocycles. The van der Waals surface area contributed by atoms with Crippen LogP contribution >= 0.6 is 11.3 Å². The van der Waals surface area contributed by atoms with Crippen LogP contribution in [0.25, 0.3) is 89.7 Å². The predicted molar refractivity (Wildman–Crippen MR) is 180 cm³/mol. The van der Waals surface area contributed by atoms with Gasteiger partial charge in [0.1, 0.15) is 0 Å². The van der Waals surface area contributed by atoms with Gasteiger partial charge < -0.3 is 0 Å². The summed E-state index contributed by atoms with van der Waals surface area (Å²) in [5, 5.41) is 8.47. The standard InChI is InChI=1S/C32H17N8.C4H3S.Zn/c1-2-10-18-17(9-1)25-33-26(18)38-28-21-13-5-6-14-22(21)30(35-28)40-32-24-16-8-7-15-23(24)31(36-32)39-29-20-12-4-3-11-19(20)27(34-29)37-25;1-2-4-5-3-1;/h1-15H,(H2,33,34,35,36,37,38,39,40);1,3-4H;. The fraction of sp³-hybridized carbons (Fsp3) is 0. The Hall–Kier alpha value is -5.44. The number of nitrogens with one attached hydrogen (secondary N) is 2. The van der Waals surface area contributed by atoms with Crippen molar-refractivity contribution in [2.45, 2.75) is 0 Å². The van der Waals surface area contributed by atoms with Crippen LogP contribution in [0.4, 0.5) is 0 Å². The molecule has 0 spiro atoms. The molecule has 0 unspecified atom stereocenters. The first-order valence-corrected chi connectivity index (χ1v) is 18.9. The van der Waals surface area contributed by atoms with E-state index in [-0.39, 0.29) is 0 Å². The number of fused-ring (bicyclic) bond motifs is 20. The van der Waals surface area contributed by atoms with Gasteiger partial charge in [-0.05, 0) is 0 Å². The van der Waals surface area contributed by atoms with Crippen molar-refractivity contribution in [1.82, 2.24) is 39.9 Å². The number of nitrogens with zero attached hydrogens (tertiary/aromatic N) is 6. The summed E-state index contributed by atoms with van der Waals surface area (Å²) < 4.78 is 2.79. The van der Waals surface area contributed by atoms with Crippen molar-refractivity contribution in [3.8, 4) is 45.6 Å². The third-order valence-electron chi connectivity index (χ3n) is 8.64. The van der Waals surface area contributed by atoms with Crippen molar-refractivity contribution in [3.63, 3.8) is 0 Å². The fourth-order valence-electron chi connectivity index (χ4n) is 6.52. The van der Waals surface area contributed by atoms with Gasteiger partial charge in [0.05, 0.1) is 0 Å². The molecule has 2 aliphatic heterocycles. The van der Waals surface area contributed by atoms with Gasteiger partial charge in [-0.25, -0.2) is 0 Å². The summed E-state index contributed by atoms with van der Waals surface area (Å²) in [6, 6.07) is 33.1. The van der Waals surface area contributed by atoms with E-state index >= 15 is 0 Å². The molecule has 4 aromatic heterocycles. The molecule has 0 fully saturated rings. The van der Waals surface area contributed by atoms with Gasteiger partial charge in [-0.2, -0.15) is 0 Å². The number of hydrogen-bond donors (Lipinski definition) is 2. The first kappa shape index (κ1) is 25.8. The molecule has 2 aliphatic rings. The van der Waals surface area contributed by atoms with Gasteiger partial charge in [0.15, 0.2) is 0 Å². The van der Waals surface area contributed by atoms with Crippen LogP contribution in [-0.2, 0) is 17.1 Å². The van der Waals surface area contributed by atoms with Gasteiger partial charge in [0.2, 0.25) is 0 Å². The van der Waals surface area contributed by atoms with Crippen molar-refractivity contribution in [1.29, 1.82) is 0 Å². The molecule has 8 aromatic rings. The van der Waals surface area contributed by atoms with Crippen LogP contribution in [0.15, 0.2) is 108 Å². The molecule has 10 heteroatoms. The maximum atomic E-state index is 5.24. The van der Waals surface area contributed by atoms with E-state index in [0.717, 1.165) is 55.1 Å². The number of hydrogen-bond acceptors (Lipinski definition) is 7. The average Bonchev–Trinajstić information content (AvgIpc) is 3.92. The number of aromatic amines is 2. The quantitative estimate of drug-likeness (QED) is 0.194. The van der Waals surface area contributed by atoms with Crippen molar-refractivity contribution < 1.29 is 17.1 Å². The second-order valence-corrected chi connectivity index (χ2v) is 16.2. The van der Waals surface area contributed by atoms with Crippen molar-refractivity contribution in [3.05, 3.63) is 108 Å². The molecule has 46 heavy (non-hydrogen) atoms. The van der Waals surface area contributed by atoms with E-state index in [4.69, 9.17) is 29.9 Å². The van der Waals surface area contributed by atoms with Gasteiger partial charge in [0, 0.05) is 0 Å². The first-order valence-electron chi connectivity index (χ1n) is 15.0. The Labute approximate surface area is 272 Å². The van der Waals surface area contributed by atoms with E-state index in [2.05, 4.69) is 75.3 Å². The van der Waals surface area contributed by atoms with E-state index in [1.54, 1.807) is 11.3 Å². The Morgan fingerprint density at radius 3 is 1.48 bits per heavy atom. The van der Waals surface area contributed by atoms with Gasteiger partial charge in [0.25, 0.3) is 0 Å². The molecule has 212 valence electrons. The molecule has 10 rings (SSSR count). The third-order valence-corrected chi connectivity index (χ3v) is 13.8. The predicted octanol–water partition coefficient (Wildman–Crippen LogP) is 6.96. The van der Waals surface area contributed by atoms with Crippen molar-refractivity contribution in [2.24, 2.45) is 0 Å². The number of rotatable bonds is 2. The molecule has 0 amide bonds. The molecule has 0 aliphatic carbocycles. The van der Waals surface area contributed by atoms with Crippen molar-refractivity contribution >= 4 is 63.8 Å². The maximum absolute atomic E-state index is 5.24. The summed E-state index contributed by atoms with van der Waals surface area (Å²) in [6.45, 7) is 0. The Balaban J connectivity index is 1.39. The molecule has 2 N–H and O–H groups in total. The van der Waals surface area contributed by atoms with Gasteiger partial charge in [-0.1, -0.05) is 6.07 Å². The van der Waals surface area contributed by atoms with Crippen molar-refractivity contribution in [2.75, 3.05) is 0 Å². The fourth-order valence-corrected chi connectivity index (χ4v) is 11.8. The first-order chi connectivity index (χ1) is 22.8. The van der Waals surface area contributed by atoms with Crippen LogP contribution in [-0.4, -0.2) is 39.9 Å². The summed E-state index contributed by atoms with van der Waals surface area (Å²) in [5.74, 6) is 2.44. The Bertz CT molecular complexity index is 2690. The summed E-state index contributed by atoms with van der Waals surface area (Å²) in [4.78, 5) is 37.7. The number of aromatic nitrogens is 8. The summed E-state index contributed by atoms with van der Waals surface area (Å²) in [5.41, 5.74) is 6.60. The zero-order valence-electron chi connectivity index (χ0n) is 24.2. The molecule has 8 nitrogen and oxygen atoms in total. The minimum atomic E-state index is -1.32. The van der Waals surface area contributed by atoms with E-state index < -0.39 is 17.1 Å². The van der Waals surface area contributed by atoms with Gasteiger partial charge in [-0.3, -0.25) is 0 Å². The SMILES string of the molecule is c1ccc2c(c1)-c1nc-2nc2[nH]c(nc3nc(nc4[nH]c(n1)c1ccccc41)-c1ccccc1-3)c1[c]([Zn][c]3ccsc3)cccc21. The Morgan fingerprint density at radius 2 is 0.935 bits per heavy atom. The van der Waals surface area contributed by atoms with Gasteiger partial charge >= 0.3 is 268 Å². The molecule has 6 heterocycles. The summed E-state index contributed by atoms with van der Waals surface area (Å²) in [6.07, 6.45) is 0. The minimum absolute atomic E-state index is 0.605. The average molecular weight is 662 g/mol. The molecule has 0 radical (unpaired) electrons. The molecule has 0 saturated carbocycles. The normalized spacial score (nSPS) is 11.8. The van der Waals surface area contributed by atoms with E-state index in [1.165, 1.54) is 8.32 Å². The Morgan fingerprint density at radius 1 is 0.457 bits per heavy atom. The third kappa shape index (κ3) is 4.00. The van der Waals surface area contributed by atoms with Gasteiger partial charge in [-0.15, -0.1) is 0 Å². The topological polar surface area (TPSA) is 109 Å². The summed E-state index contributed by atoms with van der Waals surface area (Å²) in [7, 11) is 0. The molecular weight excluding hydrogens is 642 g/mol. The summed E-state index contributed by atoms with van der Waals surface area (Å²) >= 11 is 0.426. The van der Waals surface area contributed by atoms with Crippen LogP contribution in [0.3, 0.4) is 0 Å². The number of H-pyrrole nitrogens is 2. The Kier molecular flexibility index (Phi) is 5.64.